The maximum absolute atomic E-state index is 5.68. The lowest BCUT2D eigenvalue weighted by molar-refractivity contribution is 0.107. The molecule has 0 atom stereocenters. The van der Waals surface area contributed by atoms with E-state index in [0.29, 0.717) is 19.1 Å². The Morgan fingerprint density at radius 3 is 2.00 bits per heavy atom. The van der Waals surface area contributed by atoms with Crippen molar-refractivity contribution in [3.63, 3.8) is 0 Å². The van der Waals surface area contributed by atoms with Gasteiger partial charge in [0.05, 0.1) is 13.2 Å². The van der Waals surface area contributed by atoms with Gasteiger partial charge in [0.2, 0.25) is 0 Å². The number of ether oxygens (including phenoxy) is 1. The second-order valence-corrected chi connectivity index (χ2v) is 4.74. The van der Waals surface area contributed by atoms with Gasteiger partial charge >= 0.3 is 0 Å². The summed E-state index contributed by atoms with van der Waals surface area (Å²) in [6.45, 7) is 5.69. The smallest absolute Gasteiger partial charge is 0.0722 e. The van der Waals surface area contributed by atoms with Gasteiger partial charge < -0.3 is 4.74 Å². The predicted octanol–water partition coefficient (Wildman–Crippen LogP) is 3.92. The zero-order valence-corrected chi connectivity index (χ0v) is 11.0. The van der Waals surface area contributed by atoms with Crippen molar-refractivity contribution in [2.75, 3.05) is 0 Å². The van der Waals surface area contributed by atoms with Gasteiger partial charge in [-0.05, 0) is 34.7 Å². The Kier molecular flexibility index (Phi) is 4.48. The molecule has 0 N–H and O–H groups in total. The molecule has 0 aliphatic rings. The lowest BCUT2D eigenvalue weighted by atomic mass is 10.0. The van der Waals surface area contributed by atoms with Crippen molar-refractivity contribution in [2.24, 2.45) is 0 Å². The summed E-state index contributed by atoms with van der Waals surface area (Å²) in [6.07, 6.45) is 3.58. The summed E-state index contributed by atoms with van der Waals surface area (Å²) >= 11 is 0. The molecule has 2 rings (SSSR count). The highest BCUT2D eigenvalue weighted by Crippen LogP contribution is 2.15. The molecule has 94 valence electrons. The molecule has 0 saturated heterocycles. The van der Waals surface area contributed by atoms with Gasteiger partial charge in [0.15, 0.2) is 0 Å². The molecule has 0 bridgehead atoms. The van der Waals surface area contributed by atoms with Crippen LogP contribution in [0, 0.1) is 0 Å². The number of pyridine rings is 1. The van der Waals surface area contributed by atoms with Gasteiger partial charge in [-0.15, -0.1) is 0 Å². The van der Waals surface area contributed by atoms with Crippen molar-refractivity contribution in [1.82, 2.24) is 4.98 Å². The van der Waals surface area contributed by atoms with E-state index in [1.54, 1.807) is 12.4 Å². The van der Waals surface area contributed by atoms with E-state index < -0.39 is 0 Å². The third kappa shape index (κ3) is 3.67. The molecule has 0 radical (unpaired) electrons. The van der Waals surface area contributed by atoms with Crippen LogP contribution in [-0.4, -0.2) is 4.98 Å². The van der Waals surface area contributed by atoms with E-state index in [0.717, 1.165) is 5.56 Å². The molecular weight excluding hydrogens is 222 g/mol. The highest BCUT2D eigenvalue weighted by Gasteiger charge is 1.99. The fourth-order valence-corrected chi connectivity index (χ4v) is 1.76. The lowest BCUT2D eigenvalue weighted by Gasteiger charge is -2.07. The second kappa shape index (κ2) is 6.31. The Morgan fingerprint density at radius 1 is 0.889 bits per heavy atom. The van der Waals surface area contributed by atoms with E-state index in [1.165, 1.54) is 11.1 Å². The lowest BCUT2D eigenvalue weighted by Crippen LogP contribution is -1.95. The molecule has 1 heterocycles. The van der Waals surface area contributed by atoms with E-state index in [-0.39, 0.29) is 0 Å². The molecule has 0 unspecified atom stereocenters. The molecule has 2 heteroatoms. The third-order valence-electron chi connectivity index (χ3n) is 2.93. The van der Waals surface area contributed by atoms with Crippen molar-refractivity contribution in [3.8, 4) is 0 Å². The summed E-state index contributed by atoms with van der Waals surface area (Å²) in [5.74, 6) is 0.580. The molecule has 0 aliphatic carbocycles. The first-order valence-electron chi connectivity index (χ1n) is 6.31. The van der Waals surface area contributed by atoms with Crippen LogP contribution in [0.15, 0.2) is 48.8 Å². The molecule has 1 aromatic carbocycles. The minimum absolute atomic E-state index is 0.580. The molecule has 1 aromatic heterocycles. The fourth-order valence-electron chi connectivity index (χ4n) is 1.76. The van der Waals surface area contributed by atoms with Crippen LogP contribution in [0.5, 0.6) is 0 Å². The van der Waals surface area contributed by atoms with Gasteiger partial charge in [0.1, 0.15) is 0 Å². The Bertz CT molecular complexity index is 462. The summed E-state index contributed by atoms with van der Waals surface area (Å²) in [7, 11) is 0. The van der Waals surface area contributed by atoms with Crippen LogP contribution >= 0.6 is 0 Å². The van der Waals surface area contributed by atoms with Crippen molar-refractivity contribution < 1.29 is 4.74 Å². The highest BCUT2D eigenvalue weighted by molar-refractivity contribution is 5.24. The first kappa shape index (κ1) is 12.8. The SMILES string of the molecule is CC(C)c1ccc(COCc2ccncc2)cc1. The van der Waals surface area contributed by atoms with E-state index in [9.17, 15) is 0 Å². The molecule has 0 spiro atoms. The summed E-state index contributed by atoms with van der Waals surface area (Å²) < 4.78 is 5.68. The molecule has 0 aliphatic heterocycles. The topological polar surface area (TPSA) is 22.1 Å². The average Bonchev–Trinajstić information content (AvgIpc) is 2.40. The van der Waals surface area contributed by atoms with E-state index in [1.807, 2.05) is 12.1 Å². The average molecular weight is 241 g/mol. The van der Waals surface area contributed by atoms with Crippen LogP contribution in [0.4, 0.5) is 0 Å². The van der Waals surface area contributed by atoms with Crippen LogP contribution < -0.4 is 0 Å². The number of hydrogen-bond acceptors (Lipinski definition) is 2. The minimum Gasteiger partial charge on any atom is -0.372 e. The van der Waals surface area contributed by atoms with Gasteiger partial charge in [-0.25, -0.2) is 0 Å². The van der Waals surface area contributed by atoms with Crippen molar-refractivity contribution in [2.45, 2.75) is 33.0 Å². The number of benzene rings is 1. The second-order valence-electron chi connectivity index (χ2n) is 4.74. The molecule has 0 fully saturated rings. The van der Waals surface area contributed by atoms with Gasteiger partial charge in [-0.3, -0.25) is 4.98 Å². The summed E-state index contributed by atoms with van der Waals surface area (Å²) in [6, 6.07) is 12.6. The number of aromatic nitrogens is 1. The van der Waals surface area contributed by atoms with Gasteiger partial charge in [0.25, 0.3) is 0 Å². The molecule has 18 heavy (non-hydrogen) atoms. The number of nitrogens with zero attached hydrogens (tertiary/aromatic N) is 1. The Hall–Kier alpha value is -1.67. The van der Waals surface area contributed by atoms with E-state index in [2.05, 4.69) is 43.1 Å². The van der Waals surface area contributed by atoms with Crippen LogP contribution in [0.25, 0.3) is 0 Å². The standard InChI is InChI=1S/C16H19NO/c1-13(2)16-5-3-14(4-6-16)11-18-12-15-7-9-17-10-8-15/h3-10,13H,11-12H2,1-2H3. The molecule has 2 nitrogen and oxygen atoms in total. The first-order valence-corrected chi connectivity index (χ1v) is 6.31. The summed E-state index contributed by atoms with van der Waals surface area (Å²) in [4.78, 5) is 3.98. The Labute approximate surface area is 109 Å². The van der Waals surface area contributed by atoms with Crippen LogP contribution in [0.2, 0.25) is 0 Å². The zero-order chi connectivity index (χ0) is 12.8. The van der Waals surface area contributed by atoms with Gasteiger partial charge in [-0.2, -0.15) is 0 Å². The molecule has 2 aromatic rings. The van der Waals surface area contributed by atoms with E-state index in [4.69, 9.17) is 4.74 Å². The zero-order valence-electron chi connectivity index (χ0n) is 11.0. The fraction of sp³-hybridized carbons (Fsp3) is 0.312. The van der Waals surface area contributed by atoms with Crippen molar-refractivity contribution >= 4 is 0 Å². The maximum atomic E-state index is 5.68. The Morgan fingerprint density at radius 2 is 1.44 bits per heavy atom. The summed E-state index contributed by atoms with van der Waals surface area (Å²) in [5.41, 5.74) is 3.74. The maximum Gasteiger partial charge on any atom is 0.0722 e. The van der Waals surface area contributed by atoms with Crippen LogP contribution in [0.3, 0.4) is 0 Å². The van der Waals surface area contributed by atoms with Crippen LogP contribution in [-0.2, 0) is 18.0 Å². The van der Waals surface area contributed by atoms with Crippen LogP contribution in [0.1, 0.15) is 36.5 Å². The molecule has 0 amide bonds. The largest absolute Gasteiger partial charge is 0.372 e. The minimum atomic E-state index is 0.580. The molecular formula is C16H19NO. The summed E-state index contributed by atoms with van der Waals surface area (Å²) in [5, 5.41) is 0. The first-order chi connectivity index (χ1) is 8.75. The third-order valence-corrected chi connectivity index (χ3v) is 2.93. The Balaban J connectivity index is 1.83. The van der Waals surface area contributed by atoms with E-state index >= 15 is 0 Å². The van der Waals surface area contributed by atoms with Gasteiger partial charge in [-0.1, -0.05) is 38.1 Å². The quantitative estimate of drug-likeness (QED) is 0.791. The number of hydrogen-bond donors (Lipinski definition) is 0. The number of rotatable bonds is 5. The normalized spacial score (nSPS) is 10.8. The molecule has 0 saturated carbocycles. The monoisotopic (exact) mass is 241 g/mol. The van der Waals surface area contributed by atoms with Gasteiger partial charge in [0, 0.05) is 12.4 Å². The predicted molar refractivity (Wildman–Crippen MR) is 73.3 cm³/mol. The van der Waals surface area contributed by atoms with Crippen molar-refractivity contribution in [3.05, 3.63) is 65.5 Å². The van der Waals surface area contributed by atoms with Crippen molar-refractivity contribution in [1.29, 1.82) is 0 Å². The highest BCUT2D eigenvalue weighted by atomic mass is 16.5.